The maximum Gasteiger partial charge on any atom is 0.276 e. The molecule has 5 nitrogen and oxygen atoms in total. The van der Waals surface area contributed by atoms with Crippen molar-refractivity contribution in [3.8, 4) is 5.75 Å². The van der Waals surface area contributed by atoms with E-state index in [9.17, 15) is 4.79 Å². The third-order valence-electron chi connectivity index (χ3n) is 4.59. The minimum atomic E-state index is -0.0195. The number of nitrogens with one attached hydrogen (secondary N) is 1. The van der Waals surface area contributed by atoms with Gasteiger partial charge in [-0.25, -0.2) is 0 Å². The van der Waals surface area contributed by atoms with Gasteiger partial charge in [0.15, 0.2) is 5.69 Å². The number of carbonyl (C=O) groups excluding carboxylic acids is 1. The Balaban J connectivity index is 1.92. The van der Waals surface area contributed by atoms with Crippen LogP contribution >= 0.6 is 15.9 Å². The summed E-state index contributed by atoms with van der Waals surface area (Å²) in [4.78, 5) is 15.0. The number of aromatic nitrogens is 2. The van der Waals surface area contributed by atoms with Gasteiger partial charge in [0.1, 0.15) is 5.75 Å². The molecular formula is C18H22BrN3O2. The molecule has 1 fully saturated rings. The van der Waals surface area contributed by atoms with Crippen molar-refractivity contribution in [1.82, 2.24) is 15.1 Å². The monoisotopic (exact) mass is 391 g/mol. The van der Waals surface area contributed by atoms with Gasteiger partial charge in [-0.2, -0.15) is 5.10 Å². The van der Waals surface area contributed by atoms with E-state index >= 15 is 0 Å². The zero-order valence-corrected chi connectivity index (χ0v) is 15.6. The molecule has 0 spiro atoms. The Bertz CT molecular complexity index is 712. The molecule has 1 aliphatic rings. The van der Waals surface area contributed by atoms with Crippen LogP contribution < -0.4 is 4.74 Å². The van der Waals surface area contributed by atoms with Crippen LogP contribution in [0.4, 0.5) is 0 Å². The molecule has 1 saturated heterocycles. The molecule has 0 unspecified atom stereocenters. The molecule has 24 heavy (non-hydrogen) atoms. The lowest BCUT2D eigenvalue weighted by Gasteiger charge is -2.30. The average Bonchev–Trinajstić information content (AvgIpc) is 2.81. The predicted octanol–water partition coefficient (Wildman–Crippen LogP) is 4.25. The van der Waals surface area contributed by atoms with Crippen LogP contribution in [0.5, 0.6) is 5.75 Å². The summed E-state index contributed by atoms with van der Waals surface area (Å²) in [5.41, 5.74) is 2.48. The lowest BCUT2D eigenvalue weighted by Crippen LogP contribution is -2.35. The van der Waals surface area contributed by atoms with Gasteiger partial charge in [-0.1, -0.05) is 25.0 Å². The van der Waals surface area contributed by atoms with E-state index in [1.54, 1.807) is 7.11 Å². The fraction of sp³-hybridized carbons (Fsp3) is 0.444. The number of aryl methyl sites for hydroxylation is 1. The van der Waals surface area contributed by atoms with Gasteiger partial charge in [0, 0.05) is 12.2 Å². The molecule has 0 aliphatic carbocycles. The molecule has 128 valence electrons. The fourth-order valence-corrected chi connectivity index (χ4v) is 3.56. The van der Waals surface area contributed by atoms with E-state index in [1.165, 1.54) is 0 Å². The summed E-state index contributed by atoms with van der Waals surface area (Å²) in [5.74, 6) is 0.810. The minimum absolute atomic E-state index is 0.0195. The van der Waals surface area contributed by atoms with E-state index < -0.39 is 0 Å². The Labute approximate surface area is 150 Å². The molecule has 2 aromatic rings. The first-order valence-corrected chi connectivity index (χ1v) is 9.06. The summed E-state index contributed by atoms with van der Waals surface area (Å²) in [6.07, 6.45) is 4.27. The Morgan fingerprint density at radius 3 is 2.67 bits per heavy atom. The average molecular weight is 392 g/mol. The molecule has 1 N–H and O–H groups in total. The van der Waals surface area contributed by atoms with Crippen molar-refractivity contribution in [3.63, 3.8) is 0 Å². The first kappa shape index (κ1) is 17.0. The molecule has 1 aromatic carbocycles. The van der Waals surface area contributed by atoms with Crippen LogP contribution in [0.1, 0.15) is 53.5 Å². The van der Waals surface area contributed by atoms with Crippen molar-refractivity contribution in [2.24, 2.45) is 0 Å². The van der Waals surface area contributed by atoms with Crippen molar-refractivity contribution in [2.45, 2.75) is 38.6 Å². The number of halogens is 1. The molecule has 1 amide bonds. The first-order valence-electron chi connectivity index (χ1n) is 8.27. The number of rotatable bonds is 3. The topological polar surface area (TPSA) is 58.2 Å². The fourth-order valence-electron chi connectivity index (χ4n) is 3.22. The molecule has 0 bridgehead atoms. The number of benzene rings is 1. The smallest absolute Gasteiger partial charge is 0.276 e. The summed E-state index contributed by atoms with van der Waals surface area (Å²) >= 11 is 3.47. The lowest BCUT2D eigenvalue weighted by atomic mass is 10.0. The molecule has 0 radical (unpaired) electrons. The van der Waals surface area contributed by atoms with E-state index in [4.69, 9.17) is 4.74 Å². The number of likely N-dealkylation sites (tertiary alicyclic amines) is 1. The highest BCUT2D eigenvalue weighted by Gasteiger charge is 2.30. The molecule has 1 aromatic heterocycles. The number of hydrogen-bond acceptors (Lipinski definition) is 3. The van der Waals surface area contributed by atoms with E-state index in [0.717, 1.165) is 53.7 Å². The highest BCUT2D eigenvalue weighted by molar-refractivity contribution is 9.10. The van der Waals surface area contributed by atoms with Gasteiger partial charge in [0.05, 0.1) is 17.6 Å². The van der Waals surface area contributed by atoms with Crippen LogP contribution in [-0.2, 0) is 0 Å². The largest absolute Gasteiger partial charge is 0.497 e. The summed E-state index contributed by atoms with van der Waals surface area (Å²) in [6.45, 7) is 2.66. The Morgan fingerprint density at radius 2 is 2.04 bits per heavy atom. The van der Waals surface area contributed by atoms with Crippen LogP contribution in [0, 0.1) is 6.92 Å². The lowest BCUT2D eigenvalue weighted by molar-refractivity contribution is 0.0674. The van der Waals surface area contributed by atoms with Crippen LogP contribution in [0.2, 0.25) is 0 Å². The number of ether oxygens (including phenoxy) is 1. The van der Waals surface area contributed by atoms with Gasteiger partial charge in [-0.15, -0.1) is 0 Å². The van der Waals surface area contributed by atoms with Crippen LogP contribution in [0.3, 0.4) is 0 Å². The summed E-state index contributed by atoms with van der Waals surface area (Å²) < 4.78 is 6.00. The Kier molecular flexibility index (Phi) is 5.23. The second-order valence-corrected chi connectivity index (χ2v) is 6.94. The number of amides is 1. The van der Waals surface area contributed by atoms with Gasteiger partial charge in [0.2, 0.25) is 0 Å². The van der Waals surface area contributed by atoms with Gasteiger partial charge in [-0.3, -0.25) is 9.89 Å². The normalized spacial score (nSPS) is 18.3. The SMILES string of the molecule is COc1ccc([C@H]2CCCCCN2C(=O)c2n[nH]c(C)c2Br)cc1. The maximum atomic E-state index is 13.1. The van der Waals surface area contributed by atoms with Gasteiger partial charge in [0.25, 0.3) is 5.91 Å². The van der Waals surface area contributed by atoms with Gasteiger partial charge >= 0.3 is 0 Å². The number of nitrogens with zero attached hydrogens (tertiary/aromatic N) is 2. The predicted molar refractivity (Wildman–Crippen MR) is 96.3 cm³/mol. The third-order valence-corrected chi connectivity index (χ3v) is 5.56. The standard InChI is InChI=1S/C18H22BrN3O2/c1-12-16(19)17(21-20-12)18(23)22-11-5-3-4-6-15(22)13-7-9-14(24-2)10-8-13/h7-10,15H,3-6,11H2,1-2H3,(H,20,21)/t15-/m1/s1. The molecule has 1 atom stereocenters. The van der Waals surface area contributed by atoms with Gasteiger partial charge in [-0.05, 0) is 53.4 Å². The summed E-state index contributed by atoms with van der Waals surface area (Å²) in [6, 6.07) is 8.10. The number of methoxy groups -OCH3 is 1. The number of aromatic amines is 1. The van der Waals surface area contributed by atoms with Crippen molar-refractivity contribution in [2.75, 3.05) is 13.7 Å². The molecule has 2 heterocycles. The van der Waals surface area contributed by atoms with Crippen molar-refractivity contribution in [1.29, 1.82) is 0 Å². The molecule has 3 rings (SSSR count). The highest BCUT2D eigenvalue weighted by Crippen LogP contribution is 2.33. The van der Waals surface area contributed by atoms with Crippen molar-refractivity contribution >= 4 is 21.8 Å². The molecular weight excluding hydrogens is 370 g/mol. The second kappa shape index (κ2) is 7.38. The molecule has 0 saturated carbocycles. The van der Waals surface area contributed by atoms with E-state index in [2.05, 4.69) is 38.3 Å². The van der Waals surface area contributed by atoms with Crippen LogP contribution in [0.25, 0.3) is 0 Å². The molecule has 1 aliphatic heterocycles. The van der Waals surface area contributed by atoms with Crippen LogP contribution in [-0.4, -0.2) is 34.7 Å². The van der Waals surface area contributed by atoms with Crippen molar-refractivity contribution in [3.05, 3.63) is 45.7 Å². The van der Waals surface area contributed by atoms with Crippen molar-refractivity contribution < 1.29 is 9.53 Å². The minimum Gasteiger partial charge on any atom is -0.497 e. The summed E-state index contributed by atoms with van der Waals surface area (Å²) in [5, 5.41) is 7.07. The number of H-pyrrole nitrogens is 1. The first-order chi connectivity index (χ1) is 11.6. The van der Waals surface area contributed by atoms with E-state index in [-0.39, 0.29) is 11.9 Å². The van der Waals surface area contributed by atoms with E-state index in [1.807, 2.05) is 24.0 Å². The highest BCUT2D eigenvalue weighted by atomic mass is 79.9. The third kappa shape index (κ3) is 3.34. The zero-order chi connectivity index (χ0) is 17.1. The van der Waals surface area contributed by atoms with E-state index in [0.29, 0.717) is 5.69 Å². The number of carbonyl (C=O) groups is 1. The quantitative estimate of drug-likeness (QED) is 0.850. The second-order valence-electron chi connectivity index (χ2n) is 6.15. The summed E-state index contributed by atoms with van der Waals surface area (Å²) in [7, 11) is 1.66. The zero-order valence-electron chi connectivity index (χ0n) is 14.0. The van der Waals surface area contributed by atoms with Gasteiger partial charge < -0.3 is 9.64 Å². The Morgan fingerprint density at radius 1 is 1.29 bits per heavy atom. The van der Waals surface area contributed by atoms with Crippen LogP contribution in [0.15, 0.2) is 28.7 Å². The number of hydrogen-bond donors (Lipinski definition) is 1. The molecule has 6 heteroatoms. The Hall–Kier alpha value is -1.82. The maximum absolute atomic E-state index is 13.1.